The van der Waals surface area contributed by atoms with Crippen molar-refractivity contribution >= 4 is 16.0 Å². The van der Waals surface area contributed by atoms with E-state index >= 15 is 0 Å². The van der Waals surface area contributed by atoms with E-state index < -0.39 is 16.0 Å². The van der Waals surface area contributed by atoms with Gasteiger partial charge in [0.2, 0.25) is 10.0 Å². The summed E-state index contributed by atoms with van der Waals surface area (Å²) in [6, 6.07) is 15.8. The third-order valence-corrected chi connectivity index (χ3v) is 7.02. The van der Waals surface area contributed by atoms with Crippen molar-refractivity contribution in [2.45, 2.75) is 30.8 Å². The van der Waals surface area contributed by atoms with Crippen molar-refractivity contribution in [1.82, 2.24) is 14.1 Å². The number of piperidine rings is 1. The van der Waals surface area contributed by atoms with Gasteiger partial charge >= 0.3 is 5.97 Å². The first-order chi connectivity index (χ1) is 14.6. The Bertz CT molecular complexity index is 1120. The summed E-state index contributed by atoms with van der Waals surface area (Å²) in [5.74, 6) is -0.668. The Morgan fingerprint density at radius 2 is 1.67 bits per heavy atom. The number of sulfonamides is 1. The zero-order valence-corrected chi connectivity index (χ0v) is 17.3. The number of para-hydroxylation sites is 1. The second-order valence-corrected chi connectivity index (χ2v) is 9.07. The highest BCUT2D eigenvalue weighted by Gasteiger charge is 2.30. The van der Waals surface area contributed by atoms with Crippen LogP contribution in [0, 0.1) is 0 Å². The number of hydrogen-bond donors (Lipinski definition) is 0. The van der Waals surface area contributed by atoms with E-state index in [-0.39, 0.29) is 17.1 Å². The molecule has 0 spiro atoms. The van der Waals surface area contributed by atoms with Crippen LogP contribution in [0.4, 0.5) is 0 Å². The average molecular weight is 426 g/mol. The predicted octanol–water partition coefficient (Wildman–Crippen LogP) is 3.40. The normalized spacial score (nSPS) is 15.1. The lowest BCUT2D eigenvalue weighted by atomic mass is 10.2. The van der Waals surface area contributed by atoms with Crippen LogP contribution in [0.5, 0.6) is 0 Å². The monoisotopic (exact) mass is 425 g/mol. The number of ether oxygens (including phenoxy) is 1. The van der Waals surface area contributed by atoms with Gasteiger partial charge in [0.25, 0.3) is 0 Å². The Hall–Kier alpha value is -2.97. The predicted molar refractivity (Wildman–Crippen MR) is 112 cm³/mol. The Kier molecular flexibility index (Phi) is 5.96. The molecule has 2 aromatic carbocycles. The molecular weight excluding hydrogens is 402 g/mol. The second-order valence-electron chi connectivity index (χ2n) is 7.17. The van der Waals surface area contributed by atoms with Gasteiger partial charge < -0.3 is 4.74 Å². The van der Waals surface area contributed by atoms with Crippen LogP contribution >= 0.6 is 0 Å². The van der Waals surface area contributed by atoms with Gasteiger partial charge in [-0.25, -0.2) is 17.9 Å². The van der Waals surface area contributed by atoms with Gasteiger partial charge in [0.05, 0.1) is 22.3 Å². The van der Waals surface area contributed by atoms with Crippen LogP contribution in [0.2, 0.25) is 0 Å². The zero-order chi connectivity index (χ0) is 21.0. The fourth-order valence-electron chi connectivity index (χ4n) is 3.49. The first-order valence-electron chi connectivity index (χ1n) is 9.91. The summed E-state index contributed by atoms with van der Waals surface area (Å²) in [6.07, 6.45) is 6.08. The fourth-order valence-corrected chi connectivity index (χ4v) is 5.18. The molecule has 2 heterocycles. The highest BCUT2D eigenvalue weighted by atomic mass is 32.2. The number of esters is 1. The summed E-state index contributed by atoms with van der Waals surface area (Å²) >= 11 is 0. The maximum Gasteiger partial charge on any atom is 0.339 e. The van der Waals surface area contributed by atoms with Crippen molar-refractivity contribution < 1.29 is 17.9 Å². The molecule has 0 saturated carbocycles. The molecule has 3 aromatic rings. The zero-order valence-electron chi connectivity index (χ0n) is 16.5. The Labute approximate surface area is 175 Å². The van der Waals surface area contributed by atoms with Crippen molar-refractivity contribution in [1.29, 1.82) is 0 Å². The third-order valence-electron chi connectivity index (χ3n) is 5.07. The standard InChI is InChI=1S/C22H23N3O4S/c26-22(29-17-18-15-23-25(16-18)19-9-3-1-4-10-19)20-11-5-6-12-21(20)30(27,28)24-13-7-2-8-14-24/h1,3-6,9-12,15-16H,2,7-8,13-14,17H2. The summed E-state index contributed by atoms with van der Waals surface area (Å²) in [6.45, 7) is 0.957. The lowest BCUT2D eigenvalue weighted by Gasteiger charge is -2.26. The van der Waals surface area contributed by atoms with Crippen molar-refractivity contribution in [3.05, 3.63) is 78.1 Å². The third kappa shape index (κ3) is 4.29. The summed E-state index contributed by atoms with van der Waals surface area (Å²) in [5, 5.41) is 4.28. The molecule has 0 unspecified atom stereocenters. The molecule has 0 aliphatic carbocycles. The van der Waals surface area contributed by atoms with Crippen molar-refractivity contribution in [2.24, 2.45) is 0 Å². The van der Waals surface area contributed by atoms with Crippen molar-refractivity contribution in [3.8, 4) is 5.69 Å². The Morgan fingerprint density at radius 1 is 0.967 bits per heavy atom. The van der Waals surface area contributed by atoms with Crippen LogP contribution in [-0.2, 0) is 21.4 Å². The number of nitrogens with zero attached hydrogens (tertiary/aromatic N) is 3. The first-order valence-corrected chi connectivity index (χ1v) is 11.3. The molecule has 0 atom stereocenters. The minimum absolute atomic E-state index is 0.00289. The molecule has 1 aromatic heterocycles. The molecule has 0 bridgehead atoms. The molecule has 8 heteroatoms. The van der Waals surface area contributed by atoms with Gasteiger partial charge in [-0.2, -0.15) is 9.40 Å². The molecule has 1 saturated heterocycles. The minimum Gasteiger partial charge on any atom is -0.457 e. The van der Waals surface area contributed by atoms with Crippen LogP contribution in [0.1, 0.15) is 35.2 Å². The molecule has 1 aliphatic heterocycles. The van der Waals surface area contributed by atoms with Gasteiger partial charge in [0.15, 0.2) is 0 Å². The summed E-state index contributed by atoms with van der Waals surface area (Å²) in [7, 11) is -3.74. The van der Waals surface area contributed by atoms with E-state index in [1.807, 2.05) is 30.3 Å². The van der Waals surface area contributed by atoms with Gasteiger partial charge in [-0.05, 0) is 37.1 Å². The molecular formula is C22H23N3O4S. The van der Waals surface area contributed by atoms with Gasteiger partial charge in [0.1, 0.15) is 6.61 Å². The smallest absolute Gasteiger partial charge is 0.339 e. The molecule has 156 valence electrons. The summed E-state index contributed by atoms with van der Waals surface area (Å²) in [4.78, 5) is 12.7. The highest BCUT2D eigenvalue weighted by molar-refractivity contribution is 7.89. The lowest BCUT2D eigenvalue weighted by molar-refractivity contribution is 0.0468. The van der Waals surface area contributed by atoms with Gasteiger partial charge in [-0.15, -0.1) is 0 Å². The largest absolute Gasteiger partial charge is 0.457 e. The first kappa shape index (κ1) is 20.3. The van der Waals surface area contributed by atoms with Gasteiger partial charge in [-0.1, -0.05) is 36.8 Å². The van der Waals surface area contributed by atoms with Crippen LogP contribution in [0.25, 0.3) is 5.69 Å². The number of rotatable bonds is 6. The van der Waals surface area contributed by atoms with Gasteiger partial charge in [0, 0.05) is 24.8 Å². The van der Waals surface area contributed by atoms with Crippen LogP contribution < -0.4 is 0 Å². The van der Waals surface area contributed by atoms with Gasteiger partial charge in [-0.3, -0.25) is 0 Å². The second kappa shape index (κ2) is 8.81. The molecule has 1 fully saturated rings. The van der Waals surface area contributed by atoms with E-state index in [0.29, 0.717) is 18.7 Å². The fraction of sp³-hybridized carbons (Fsp3) is 0.273. The molecule has 1 aliphatic rings. The minimum atomic E-state index is -3.74. The number of carbonyl (C=O) groups is 1. The van der Waals surface area contributed by atoms with Crippen molar-refractivity contribution in [3.63, 3.8) is 0 Å². The molecule has 4 rings (SSSR count). The number of carbonyl (C=O) groups excluding carboxylic acids is 1. The maximum atomic E-state index is 13.1. The van der Waals surface area contributed by atoms with E-state index in [9.17, 15) is 13.2 Å². The van der Waals surface area contributed by atoms with Crippen LogP contribution in [0.15, 0.2) is 71.9 Å². The lowest BCUT2D eigenvalue weighted by Crippen LogP contribution is -2.36. The highest BCUT2D eigenvalue weighted by Crippen LogP contribution is 2.24. The van der Waals surface area contributed by atoms with E-state index in [1.165, 1.54) is 16.4 Å². The van der Waals surface area contributed by atoms with Crippen LogP contribution in [0.3, 0.4) is 0 Å². The molecule has 0 N–H and O–H groups in total. The van der Waals surface area contributed by atoms with E-state index in [0.717, 1.165) is 24.9 Å². The summed E-state index contributed by atoms with van der Waals surface area (Å²) in [5.41, 5.74) is 1.66. The molecule has 30 heavy (non-hydrogen) atoms. The quantitative estimate of drug-likeness (QED) is 0.566. The maximum absolute atomic E-state index is 13.1. The average Bonchev–Trinajstić information content (AvgIpc) is 3.28. The van der Waals surface area contributed by atoms with E-state index in [1.54, 1.807) is 29.2 Å². The molecule has 0 radical (unpaired) electrons. The van der Waals surface area contributed by atoms with Crippen molar-refractivity contribution in [2.75, 3.05) is 13.1 Å². The molecule has 7 nitrogen and oxygen atoms in total. The molecule has 0 amide bonds. The Morgan fingerprint density at radius 3 is 2.43 bits per heavy atom. The van der Waals surface area contributed by atoms with Crippen LogP contribution in [-0.4, -0.2) is 41.6 Å². The number of aromatic nitrogens is 2. The van der Waals surface area contributed by atoms with E-state index in [2.05, 4.69) is 5.10 Å². The number of hydrogen-bond acceptors (Lipinski definition) is 5. The Balaban J connectivity index is 1.49. The van der Waals surface area contributed by atoms with E-state index in [4.69, 9.17) is 4.74 Å². The number of benzene rings is 2. The summed E-state index contributed by atoms with van der Waals surface area (Å²) < 4.78 is 34.7. The SMILES string of the molecule is O=C(OCc1cnn(-c2ccccc2)c1)c1ccccc1S(=O)(=O)N1CCCCC1. The topological polar surface area (TPSA) is 81.5 Å².